The van der Waals surface area contributed by atoms with E-state index in [0.29, 0.717) is 0 Å². The molecule has 4 heteroatoms. The Morgan fingerprint density at radius 2 is 0.891 bits per heavy atom. The summed E-state index contributed by atoms with van der Waals surface area (Å²) >= 11 is 0. The average Bonchev–Trinajstić information content (AvgIpc) is 3.14. The van der Waals surface area contributed by atoms with Crippen molar-refractivity contribution < 1.29 is 0 Å². The molecule has 6 aromatic carbocycles. The summed E-state index contributed by atoms with van der Waals surface area (Å²) in [6, 6.07) is 54.4. The first-order valence-corrected chi connectivity index (χ1v) is 15.4. The van der Waals surface area contributed by atoms with Crippen LogP contribution in [0.5, 0.6) is 0 Å². The predicted molar refractivity (Wildman–Crippen MR) is 189 cm³/mol. The van der Waals surface area contributed by atoms with E-state index in [2.05, 4.69) is 127 Å². The topological polar surface area (TPSA) is 51.6 Å². The Balaban J connectivity index is 1.14. The van der Waals surface area contributed by atoms with Gasteiger partial charge in [0.05, 0.1) is 33.6 Å². The zero-order valence-electron chi connectivity index (χ0n) is 24.8. The van der Waals surface area contributed by atoms with Crippen LogP contribution < -0.4 is 0 Å². The van der Waals surface area contributed by atoms with Crippen molar-refractivity contribution in [3.05, 3.63) is 158 Å². The Morgan fingerprint density at radius 3 is 1.63 bits per heavy atom. The quantitative estimate of drug-likeness (QED) is 0.193. The molecule has 9 aromatic rings. The van der Waals surface area contributed by atoms with Crippen LogP contribution in [0.4, 0.5) is 0 Å². The number of para-hydroxylation sites is 1. The molecule has 214 valence electrons. The molecular formula is C42H26N4. The second-order valence-electron chi connectivity index (χ2n) is 11.5. The van der Waals surface area contributed by atoms with Crippen LogP contribution >= 0.6 is 0 Å². The molecule has 0 N–H and O–H groups in total. The summed E-state index contributed by atoms with van der Waals surface area (Å²) in [5, 5.41) is 5.48. The molecule has 0 unspecified atom stereocenters. The first kappa shape index (κ1) is 26.2. The van der Waals surface area contributed by atoms with Gasteiger partial charge in [-0.1, -0.05) is 140 Å². The van der Waals surface area contributed by atoms with E-state index in [-0.39, 0.29) is 0 Å². The lowest BCUT2D eigenvalue weighted by molar-refractivity contribution is 1.23. The number of hydrogen-bond donors (Lipinski definition) is 0. The highest BCUT2D eigenvalue weighted by Gasteiger charge is 2.14. The molecule has 0 spiro atoms. The Labute approximate surface area is 265 Å². The number of benzene rings is 6. The number of nitrogens with zero attached hydrogens (tertiary/aromatic N) is 4. The second kappa shape index (κ2) is 10.7. The minimum absolute atomic E-state index is 0.722. The highest BCUT2D eigenvalue weighted by Crippen LogP contribution is 2.34. The van der Waals surface area contributed by atoms with Crippen molar-refractivity contribution in [3.8, 4) is 45.2 Å². The number of pyridine rings is 2. The molecule has 0 aliphatic carbocycles. The standard InChI is InChI=1S/C42H26N4/c1-2-10-28(11-3-1)36-25-23-31-21-22-32-24-26-37(44-41(32)40(31)43-36)29-17-19-30(20-18-29)39-35-14-6-7-16-38(35)45-42(46-39)34-15-8-12-27-9-4-5-13-33(27)34/h1-26H. The smallest absolute Gasteiger partial charge is 0.161 e. The molecule has 0 bridgehead atoms. The fraction of sp³-hybridized carbons (Fsp3) is 0. The van der Waals surface area contributed by atoms with Gasteiger partial charge in [0.1, 0.15) is 0 Å². The minimum Gasteiger partial charge on any atom is -0.245 e. The van der Waals surface area contributed by atoms with Crippen molar-refractivity contribution >= 4 is 43.5 Å². The number of rotatable bonds is 4. The maximum absolute atomic E-state index is 5.17. The third kappa shape index (κ3) is 4.47. The lowest BCUT2D eigenvalue weighted by Crippen LogP contribution is -1.96. The van der Waals surface area contributed by atoms with E-state index in [9.17, 15) is 0 Å². The fourth-order valence-electron chi connectivity index (χ4n) is 6.33. The molecule has 9 rings (SSSR count). The van der Waals surface area contributed by atoms with Crippen molar-refractivity contribution in [1.29, 1.82) is 0 Å². The maximum Gasteiger partial charge on any atom is 0.161 e. The van der Waals surface area contributed by atoms with E-state index in [0.717, 1.165) is 83.3 Å². The van der Waals surface area contributed by atoms with Crippen LogP contribution in [0.2, 0.25) is 0 Å². The van der Waals surface area contributed by atoms with Crippen LogP contribution in [0.15, 0.2) is 158 Å². The van der Waals surface area contributed by atoms with Gasteiger partial charge in [-0.05, 0) is 29.0 Å². The Kier molecular flexibility index (Phi) is 6.10. The third-order valence-electron chi connectivity index (χ3n) is 8.68. The van der Waals surface area contributed by atoms with Crippen LogP contribution in [0.3, 0.4) is 0 Å². The summed E-state index contributed by atoms with van der Waals surface area (Å²) < 4.78 is 0. The molecule has 0 fully saturated rings. The number of hydrogen-bond acceptors (Lipinski definition) is 4. The van der Waals surface area contributed by atoms with Crippen molar-refractivity contribution in [2.24, 2.45) is 0 Å². The Morgan fingerprint density at radius 1 is 0.326 bits per heavy atom. The summed E-state index contributed by atoms with van der Waals surface area (Å²) in [5.41, 5.74) is 9.68. The van der Waals surface area contributed by atoms with Gasteiger partial charge in [0.2, 0.25) is 0 Å². The summed E-state index contributed by atoms with van der Waals surface area (Å²) in [6.45, 7) is 0. The lowest BCUT2D eigenvalue weighted by Gasteiger charge is -2.12. The molecule has 0 saturated heterocycles. The van der Waals surface area contributed by atoms with E-state index in [1.54, 1.807) is 0 Å². The Hall–Kier alpha value is -6.26. The zero-order chi connectivity index (χ0) is 30.5. The summed E-state index contributed by atoms with van der Waals surface area (Å²) in [7, 11) is 0. The van der Waals surface area contributed by atoms with Gasteiger partial charge in [-0.2, -0.15) is 0 Å². The van der Waals surface area contributed by atoms with E-state index in [4.69, 9.17) is 19.9 Å². The van der Waals surface area contributed by atoms with Crippen LogP contribution in [0, 0.1) is 0 Å². The molecule has 3 heterocycles. The van der Waals surface area contributed by atoms with Gasteiger partial charge >= 0.3 is 0 Å². The third-order valence-corrected chi connectivity index (χ3v) is 8.68. The minimum atomic E-state index is 0.722. The van der Waals surface area contributed by atoms with Crippen molar-refractivity contribution in [3.63, 3.8) is 0 Å². The molecule has 0 saturated carbocycles. The molecule has 0 aliphatic rings. The average molecular weight is 587 g/mol. The molecule has 3 aromatic heterocycles. The number of aromatic nitrogens is 4. The van der Waals surface area contributed by atoms with Crippen molar-refractivity contribution in [2.45, 2.75) is 0 Å². The summed E-state index contributed by atoms with van der Waals surface area (Å²) in [6.07, 6.45) is 0. The van der Waals surface area contributed by atoms with Gasteiger partial charge in [-0.3, -0.25) is 0 Å². The van der Waals surface area contributed by atoms with Crippen LogP contribution in [-0.2, 0) is 0 Å². The second-order valence-corrected chi connectivity index (χ2v) is 11.5. The lowest BCUT2D eigenvalue weighted by atomic mass is 10.0. The molecule has 46 heavy (non-hydrogen) atoms. The predicted octanol–water partition coefficient (Wildman–Crippen LogP) is 10.5. The Bertz CT molecular complexity index is 2570. The van der Waals surface area contributed by atoms with Crippen LogP contribution in [0.25, 0.3) is 88.6 Å². The van der Waals surface area contributed by atoms with Gasteiger partial charge in [0, 0.05) is 38.4 Å². The summed E-state index contributed by atoms with van der Waals surface area (Å²) in [4.78, 5) is 20.4. The fourth-order valence-corrected chi connectivity index (χ4v) is 6.33. The molecule has 0 radical (unpaired) electrons. The van der Waals surface area contributed by atoms with E-state index in [1.165, 1.54) is 5.39 Å². The number of fused-ring (bicyclic) bond motifs is 5. The van der Waals surface area contributed by atoms with Gasteiger partial charge in [-0.15, -0.1) is 0 Å². The first-order valence-electron chi connectivity index (χ1n) is 15.4. The first-order chi connectivity index (χ1) is 22.8. The van der Waals surface area contributed by atoms with Crippen molar-refractivity contribution in [2.75, 3.05) is 0 Å². The van der Waals surface area contributed by atoms with E-state index in [1.807, 2.05) is 30.3 Å². The normalized spacial score (nSPS) is 11.5. The highest BCUT2D eigenvalue weighted by molar-refractivity contribution is 6.04. The molecular weight excluding hydrogens is 560 g/mol. The van der Waals surface area contributed by atoms with Crippen LogP contribution in [0.1, 0.15) is 0 Å². The van der Waals surface area contributed by atoms with Crippen LogP contribution in [-0.4, -0.2) is 19.9 Å². The van der Waals surface area contributed by atoms with Gasteiger partial charge in [0.25, 0.3) is 0 Å². The largest absolute Gasteiger partial charge is 0.245 e. The maximum atomic E-state index is 5.17. The highest BCUT2D eigenvalue weighted by atomic mass is 14.9. The molecule has 0 amide bonds. The molecule has 0 aliphatic heterocycles. The van der Waals surface area contributed by atoms with E-state index < -0.39 is 0 Å². The molecule has 0 atom stereocenters. The summed E-state index contributed by atoms with van der Waals surface area (Å²) in [5.74, 6) is 0.722. The SMILES string of the molecule is c1ccc(-c2ccc3ccc4ccc(-c5ccc(-c6nc(-c7cccc8ccccc78)nc7ccccc67)cc5)nc4c3n2)cc1. The van der Waals surface area contributed by atoms with Gasteiger partial charge in [0.15, 0.2) is 5.82 Å². The monoisotopic (exact) mass is 586 g/mol. The van der Waals surface area contributed by atoms with Gasteiger partial charge < -0.3 is 0 Å². The zero-order valence-corrected chi connectivity index (χ0v) is 24.8. The molecule has 4 nitrogen and oxygen atoms in total. The van der Waals surface area contributed by atoms with E-state index >= 15 is 0 Å². The van der Waals surface area contributed by atoms with Gasteiger partial charge in [-0.25, -0.2) is 19.9 Å². The van der Waals surface area contributed by atoms with Crippen molar-refractivity contribution in [1.82, 2.24) is 19.9 Å².